The van der Waals surface area contributed by atoms with Crippen LogP contribution in [0.25, 0.3) is 0 Å². The highest BCUT2D eigenvalue weighted by atomic mass is 16.6. The SMILES string of the molecule is CCCNC(=O)CNc1ccc([N+](=O)[O-])c(C#N)n1. The number of aromatic nitrogens is 1. The molecule has 100 valence electrons. The summed E-state index contributed by atoms with van der Waals surface area (Å²) < 4.78 is 0. The van der Waals surface area contributed by atoms with E-state index in [-0.39, 0.29) is 29.7 Å². The molecule has 0 spiro atoms. The van der Waals surface area contributed by atoms with Crippen molar-refractivity contribution < 1.29 is 9.72 Å². The maximum absolute atomic E-state index is 11.3. The molecule has 0 radical (unpaired) electrons. The number of amides is 1. The number of rotatable bonds is 6. The molecule has 0 bridgehead atoms. The fourth-order valence-corrected chi connectivity index (χ4v) is 1.28. The van der Waals surface area contributed by atoms with Crippen LogP contribution >= 0.6 is 0 Å². The fourth-order valence-electron chi connectivity index (χ4n) is 1.28. The van der Waals surface area contributed by atoms with Gasteiger partial charge in [-0.1, -0.05) is 6.92 Å². The average Bonchev–Trinajstić information content (AvgIpc) is 2.42. The van der Waals surface area contributed by atoms with E-state index in [1.54, 1.807) is 6.07 Å². The second-order valence-electron chi connectivity index (χ2n) is 3.64. The molecule has 19 heavy (non-hydrogen) atoms. The minimum atomic E-state index is -0.677. The first kappa shape index (κ1) is 14.4. The first-order valence-electron chi connectivity index (χ1n) is 5.64. The third kappa shape index (κ3) is 4.23. The van der Waals surface area contributed by atoms with E-state index in [2.05, 4.69) is 15.6 Å². The molecule has 0 unspecified atom stereocenters. The van der Waals surface area contributed by atoms with Gasteiger partial charge in [0.15, 0.2) is 0 Å². The molecule has 0 aliphatic heterocycles. The minimum absolute atomic E-state index is 0.00429. The summed E-state index contributed by atoms with van der Waals surface area (Å²) in [4.78, 5) is 25.0. The Bertz CT molecular complexity index is 524. The standard InChI is InChI=1S/C11H13N5O3/c1-2-5-13-11(17)7-14-10-4-3-9(16(18)19)8(6-12)15-10/h3-4H,2,5,7H2,1H3,(H,13,17)(H,14,15). The number of anilines is 1. The normalized spacial score (nSPS) is 9.47. The van der Waals surface area contributed by atoms with E-state index in [1.807, 2.05) is 6.92 Å². The van der Waals surface area contributed by atoms with E-state index in [0.717, 1.165) is 6.42 Å². The number of carbonyl (C=O) groups excluding carboxylic acids is 1. The molecule has 8 heteroatoms. The lowest BCUT2D eigenvalue weighted by Crippen LogP contribution is -2.30. The van der Waals surface area contributed by atoms with Gasteiger partial charge >= 0.3 is 5.69 Å². The fraction of sp³-hybridized carbons (Fsp3) is 0.364. The monoisotopic (exact) mass is 263 g/mol. The summed E-state index contributed by atoms with van der Waals surface area (Å²) in [7, 11) is 0. The Kier molecular flexibility index (Phi) is 5.22. The number of pyridine rings is 1. The predicted octanol–water partition coefficient (Wildman–Crippen LogP) is 0.800. The van der Waals surface area contributed by atoms with Crippen LogP contribution in [0.15, 0.2) is 12.1 Å². The molecule has 0 saturated carbocycles. The van der Waals surface area contributed by atoms with Gasteiger partial charge in [-0.2, -0.15) is 5.26 Å². The first-order chi connectivity index (χ1) is 9.08. The van der Waals surface area contributed by atoms with Crippen molar-refractivity contribution in [3.63, 3.8) is 0 Å². The zero-order valence-electron chi connectivity index (χ0n) is 10.3. The van der Waals surface area contributed by atoms with Crippen LogP contribution in [0, 0.1) is 21.4 Å². The van der Waals surface area contributed by atoms with Gasteiger partial charge in [0.05, 0.1) is 11.5 Å². The van der Waals surface area contributed by atoms with Crippen LogP contribution in [-0.4, -0.2) is 28.9 Å². The van der Waals surface area contributed by atoms with Crippen molar-refractivity contribution in [2.75, 3.05) is 18.4 Å². The lowest BCUT2D eigenvalue weighted by Gasteiger charge is -2.06. The quantitative estimate of drug-likeness (QED) is 0.578. The molecule has 0 aromatic carbocycles. The molecular formula is C11H13N5O3. The molecule has 0 aliphatic carbocycles. The highest BCUT2D eigenvalue weighted by molar-refractivity contribution is 5.80. The lowest BCUT2D eigenvalue weighted by molar-refractivity contribution is -0.385. The third-order valence-corrected chi connectivity index (χ3v) is 2.18. The Hall–Kier alpha value is -2.69. The number of nitrogens with one attached hydrogen (secondary N) is 2. The van der Waals surface area contributed by atoms with Crippen molar-refractivity contribution in [3.05, 3.63) is 27.9 Å². The maximum Gasteiger partial charge on any atom is 0.305 e. The van der Waals surface area contributed by atoms with Crippen LogP contribution in [0.3, 0.4) is 0 Å². The summed E-state index contributed by atoms with van der Waals surface area (Å²) in [5.41, 5.74) is -0.646. The molecule has 8 nitrogen and oxygen atoms in total. The number of hydrogen-bond acceptors (Lipinski definition) is 6. The Labute approximate surface area is 109 Å². The Morgan fingerprint density at radius 1 is 1.58 bits per heavy atom. The summed E-state index contributed by atoms with van der Waals surface area (Å²) in [6.45, 7) is 2.51. The van der Waals surface area contributed by atoms with Gasteiger partial charge in [0.2, 0.25) is 11.6 Å². The van der Waals surface area contributed by atoms with Crippen molar-refractivity contribution >= 4 is 17.4 Å². The number of carbonyl (C=O) groups is 1. The second kappa shape index (κ2) is 6.90. The van der Waals surface area contributed by atoms with Gasteiger partial charge in [0.1, 0.15) is 11.9 Å². The summed E-state index contributed by atoms with van der Waals surface area (Å²) in [5.74, 6) is 0.0364. The smallest absolute Gasteiger partial charge is 0.305 e. The summed E-state index contributed by atoms with van der Waals surface area (Å²) in [5, 5.41) is 24.7. The molecule has 1 heterocycles. The van der Waals surface area contributed by atoms with Crippen molar-refractivity contribution in [1.82, 2.24) is 10.3 Å². The zero-order chi connectivity index (χ0) is 14.3. The molecule has 1 aromatic heterocycles. The van der Waals surface area contributed by atoms with Gasteiger partial charge in [-0.25, -0.2) is 4.98 Å². The van der Waals surface area contributed by atoms with Gasteiger partial charge < -0.3 is 10.6 Å². The van der Waals surface area contributed by atoms with E-state index in [4.69, 9.17) is 5.26 Å². The van der Waals surface area contributed by atoms with Gasteiger partial charge in [-0.05, 0) is 12.5 Å². The molecule has 0 aliphatic rings. The lowest BCUT2D eigenvalue weighted by atomic mass is 10.3. The van der Waals surface area contributed by atoms with E-state index >= 15 is 0 Å². The van der Waals surface area contributed by atoms with Crippen LogP contribution in [0.1, 0.15) is 19.0 Å². The molecule has 1 amide bonds. The average molecular weight is 263 g/mol. The summed E-state index contributed by atoms with van der Waals surface area (Å²) in [6.07, 6.45) is 0.833. The second-order valence-corrected chi connectivity index (χ2v) is 3.64. The highest BCUT2D eigenvalue weighted by Crippen LogP contribution is 2.17. The Balaban J connectivity index is 2.68. The topological polar surface area (TPSA) is 121 Å². The Morgan fingerprint density at radius 3 is 2.89 bits per heavy atom. The molecular weight excluding hydrogens is 250 g/mol. The number of nitro groups is 1. The van der Waals surface area contributed by atoms with Crippen molar-refractivity contribution in [1.29, 1.82) is 5.26 Å². The van der Waals surface area contributed by atoms with Crippen LogP contribution in [-0.2, 0) is 4.79 Å². The minimum Gasteiger partial charge on any atom is -0.361 e. The van der Waals surface area contributed by atoms with Gasteiger partial charge in [-0.15, -0.1) is 0 Å². The number of nitrogens with zero attached hydrogens (tertiary/aromatic N) is 3. The largest absolute Gasteiger partial charge is 0.361 e. The van der Waals surface area contributed by atoms with Crippen molar-refractivity contribution in [2.24, 2.45) is 0 Å². The van der Waals surface area contributed by atoms with E-state index in [0.29, 0.717) is 6.54 Å². The molecule has 1 rings (SSSR count). The third-order valence-electron chi connectivity index (χ3n) is 2.18. The van der Waals surface area contributed by atoms with Crippen LogP contribution in [0.2, 0.25) is 0 Å². The molecule has 0 fully saturated rings. The summed E-state index contributed by atoms with van der Waals surface area (Å²) in [6, 6.07) is 4.18. The van der Waals surface area contributed by atoms with Crippen LogP contribution in [0.4, 0.5) is 11.5 Å². The van der Waals surface area contributed by atoms with E-state index in [9.17, 15) is 14.9 Å². The molecule has 0 atom stereocenters. The van der Waals surface area contributed by atoms with Crippen molar-refractivity contribution in [3.8, 4) is 6.07 Å². The number of hydrogen-bond donors (Lipinski definition) is 2. The van der Waals surface area contributed by atoms with E-state index < -0.39 is 4.92 Å². The maximum atomic E-state index is 11.3. The van der Waals surface area contributed by atoms with Crippen molar-refractivity contribution in [2.45, 2.75) is 13.3 Å². The first-order valence-corrected chi connectivity index (χ1v) is 5.64. The van der Waals surface area contributed by atoms with E-state index in [1.165, 1.54) is 12.1 Å². The molecule has 1 aromatic rings. The molecule has 2 N–H and O–H groups in total. The predicted molar refractivity (Wildman–Crippen MR) is 67.4 cm³/mol. The van der Waals surface area contributed by atoms with Gasteiger partial charge in [0.25, 0.3) is 0 Å². The van der Waals surface area contributed by atoms with Gasteiger partial charge in [-0.3, -0.25) is 14.9 Å². The number of nitriles is 1. The van der Waals surface area contributed by atoms with Crippen LogP contribution < -0.4 is 10.6 Å². The molecule has 0 saturated heterocycles. The summed E-state index contributed by atoms with van der Waals surface area (Å²) >= 11 is 0. The highest BCUT2D eigenvalue weighted by Gasteiger charge is 2.15. The van der Waals surface area contributed by atoms with Gasteiger partial charge in [0, 0.05) is 12.6 Å². The zero-order valence-corrected chi connectivity index (χ0v) is 10.3. The Morgan fingerprint density at radius 2 is 2.32 bits per heavy atom. The van der Waals surface area contributed by atoms with Crippen LogP contribution in [0.5, 0.6) is 0 Å².